The van der Waals surface area contributed by atoms with Crippen LogP contribution in [0.4, 0.5) is 4.79 Å². The molecule has 3 aromatic rings. The summed E-state index contributed by atoms with van der Waals surface area (Å²) in [5, 5.41) is 2.59. The molecule has 0 bridgehead atoms. The van der Waals surface area contributed by atoms with Crippen LogP contribution in [0.3, 0.4) is 0 Å². The molecule has 138 valence electrons. The topological polar surface area (TPSA) is 81.4 Å². The first-order valence-electron chi connectivity index (χ1n) is 8.32. The van der Waals surface area contributed by atoms with Gasteiger partial charge in [0, 0.05) is 29.4 Å². The van der Waals surface area contributed by atoms with E-state index in [1.165, 1.54) is 6.08 Å². The van der Waals surface area contributed by atoms with Gasteiger partial charge >= 0.3 is 0 Å². The third kappa shape index (κ3) is 3.50. The smallest absolute Gasteiger partial charge is 0.290 e. The van der Waals surface area contributed by atoms with Crippen LogP contribution in [0, 0.1) is 18.8 Å². The SMILES string of the molecule is COc1ccc(C#Cc2cncc3cc(/C=C4/SC(=O)NC4=O)oc23)c(C)c1. The van der Waals surface area contributed by atoms with Gasteiger partial charge in [0.05, 0.1) is 17.6 Å². The number of pyridine rings is 1. The molecule has 1 saturated heterocycles. The van der Waals surface area contributed by atoms with Crippen LogP contribution in [0.25, 0.3) is 17.0 Å². The molecular weight excluding hydrogens is 376 g/mol. The van der Waals surface area contributed by atoms with Crippen LogP contribution in [0.1, 0.15) is 22.5 Å². The molecule has 7 heteroatoms. The van der Waals surface area contributed by atoms with Crippen molar-refractivity contribution in [2.75, 3.05) is 7.11 Å². The lowest BCUT2D eigenvalue weighted by atomic mass is 10.1. The van der Waals surface area contributed by atoms with E-state index >= 15 is 0 Å². The molecule has 28 heavy (non-hydrogen) atoms. The molecule has 6 nitrogen and oxygen atoms in total. The predicted molar refractivity (Wildman–Crippen MR) is 107 cm³/mol. The Morgan fingerprint density at radius 3 is 2.71 bits per heavy atom. The normalized spacial score (nSPS) is 14.9. The Kier molecular flexibility index (Phi) is 4.63. The van der Waals surface area contributed by atoms with E-state index in [0.717, 1.165) is 34.0 Å². The minimum Gasteiger partial charge on any atom is -0.497 e. The Labute approximate surface area is 165 Å². The van der Waals surface area contributed by atoms with Crippen molar-refractivity contribution in [2.45, 2.75) is 6.92 Å². The van der Waals surface area contributed by atoms with Crippen molar-refractivity contribution < 1.29 is 18.7 Å². The Morgan fingerprint density at radius 2 is 2.00 bits per heavy atom. The maximum Gasteiger partial charge on any atom is 0.290 e. The third-order valence-electron chi connectivity index (χ3n) is 4.12. The van der Waals surface area contributed by atoms with E-state index in [9.17, 15) is 9.59 Å². The van der Waals surface area contributed by atoms with E-state index in [4.69, 9.17) is 9.15 Å². The number of nitrogens with zero attached hydrogens (tertiary/aromatic N) is 1. The van der Waals surface area contributed by atoms with Crippen molar-refractivity contribution in [1.82, 2.24) is 10.3 Å². The number of aryl methyl sites for hydroxylation is 1. The van der Waals surface area contributed by atoms with Gasteiger partial charge in [-0.1, -0.05) is 11.8 Å². The summed E-state index contributed by atoms with van der Waals surface area (Å²) >= 11 is 0.842. The van der Waals surface area contributed by atoms with Crippen LogP contribution in [-0.2, 0) is 4.79 Å². The molecule has 0 spiro atoms. The summed E-state index contributed by atoms with van der Waals surface area (Å²) in [7, 11) is 1.62. The van der Waals surface area contributed by atoms with Crippen molar-refractivity contribution in [1.29, 1.82) is 0 Å². The average Bonchev–Trinajstić information content (AvgIpc) is 3.23. The van der Waals surface area contributed by atoms with Gasteiger partial charge in [0.2, 0.25) is 0 Å². The predicted octanol–water partition coefficient (Wildman–Crippen LogP) is 3.87. The van der Waals surface area contributed by atoms with Crippen LogP contribution in [0.5, 0.6) is 5.75 Å². The standard InChI is InChI=1S/C21H14N2O4S/c1-12-7-16(26-2)6-5-13(12)3-4-14-10-22-11-15-8-17(27-19(14)15)9-18-20(24)23-21(25)28-18/h5-11H,1-2H3,(H,23,24,25)/b18-9+. The number of methoxy groups -OCH3 is 1. The van der Waals surface area contributed by atoms with E-state index < -0.39 is 11.1 Å². The van der Waals surface area contributed by atoms with Gasteiger partial charge in [-0.3, -0.25) is 19.9 Å². The van der Waals surface area contributed by atoms with E-state index in [2.05, 4.69) is 22.1 Å². The Hall–Kier alpha value is -3.50. The van der Waals surface area contributed by atoms with Crippen molar-refractivity contribution >= 4 is 40.0 Å². The molecule has 1 fully saturated rings. The number of carbonyl (C=O) groups is 2. The molecule has 4 rings (SSSR count). The van der Waals surface area contributed by atoms with Crippen LogP contribution in [0.2, 0.25) is 0 Å². The molecule has 0 atom stereocenters. The first-order valence-corrected chi connectivity index (χ1v) is 9.14. The number of aromatic nitrogens is 1. The Morgan fingerprint density at radius 1 is 1.18 bits per heavy atom. The number of carbonyl (C=O) groups excluding carboxylic acids is 2. The molecule has 0 aliphatic carbocycles. The van der Waals surface area contributed by atoms with E-state index in [1.54, 1.807) is 25.6 Å². The average molecular weight is 390 g/mol. The molecule has 1 aliphatic rings. The van der Waals surface area contributed by atoms with Gasteiger partial charge in [0.1, 0.15) is 11.5 Å². The van der Waals surface area contributed by atoms with Gasteiger partial charge in [-0.2, -0.15) is 0 Å². The van der Waals surface area contributed by atoms with Crippen molar-refractivity contribution in [3.63, 3.8) is 0 Å². The summed E-state index contributed by atoms with van der Waals surface area (Å²) in [4.78, 5) is 27.5. The molecule has 2 aromatic heterocycles. The van der Waals surface area contributed by atoms with Gasteiger partial charge in [0.25, 0.3) is 11.1 Å². The van der Waals surface area contributed by atoms with Gasteiger partial charge < -0.3 is 9.15 Å². The lowest BCUT2D eigenvalue weighted by molar-refractivity contribution is -0.115. The molecule has 1 aliphatic heterocycles. The second-order valence-electron chi connectivity index (χ2n) is 6.04. The molecule has 0 saturated carbocycles. The summed E-state index contributed by atoms with van der Waals surface area (Å²) in [5.74, 6) is 7.04. The lowest BCUT2D eigenvalue weighted by Crippen LogP contribution is -2.17. The number of amides is 2. The quantitative estimate of drug-likeness (QED) is 0.528. The summed E-state index contributed by atoms with van der Waals surface area (Å²) in [6, 6.07) is 7.44. The first kappa shape index (κ1) is 17.9. The molecule has 1 aromatic carbocycles. The number of rotatable bonds is 2. The van der Waals surface area contributed by atoms with E-state index in [1.807, 2.05) is 25.1 Å². The fourth-order valence-electron chi connectivity index (χ4n) is 2.73. The minimum absolute atomic E-state index is 0.290. The number of ether oxygens (including phenoxy) is 1. The zero-order valence-electron chi connectivity index (χ0n) is 15.0. The van der Waals surface area contributed by atoms with Gasteiger partial charge in [0.15, 0.2) is 5.58 Å². The Balaban J connectivity index is 1.70. The number of benzene rings is 1. The summed E-state index contributed by atoms with van der Waals surface area (Å²) in [5.41, 5.74) is 3.10. The highest BCUT2D eigenvalue weighted by atomic mass is 32.2. The van der Waals surface area contributed by atoms with Crippen LogP contribution >= 0.6 is 11.8 Å². The number of furan rings is 1. The van der Waals surface area contributed by atoms with Crippen molar-refractivity contribution in [3.05, 3.63) is 64.0 Å². The zero-order chi connectivity index (χ0) is 19.7. The van der Waals surface area contributed by atoms with Gasteiger partial charge in [-0.15, -0.1) is 0 Å². The summed E-state index contributed by atoms with van der Waals surface area (Å²) in [6.07, 6.45) is 4.84. The number of imide groups is 1. The lowest BCUT2D eigenvalue weighted by Gasteiger charge is -2.02. The van der Waals surface area contributed by atoms with E-state index in [0.29, 0.717) is 21.8 Å². The fourth-order valence-corrected chi connectivity index (χ4v) is 3.39. The fraction of sp³-hybridized carbons (Fsp3) is 0.0952. The molecular formula is C21H14N2O4S. The van der Waals surface area contributed by atoms with Crippen molar-refractivity contribution in [2.24, 2.45) is 0 Å². The molecule has 0 unspecified atom stereocenters. The summed E-state index contributed by atoms with van der Waals surface area (Å²) in [6.45, 7) is 1.97. The third-order valence-corrected chi connectivity index (χ3v) is 4.93. The number of thioether (sulfide) groups is 1. The number of hydrogen-bond donors (Lipinski definition) is 1. The van der Waals surface area contributed by atoms with Crippen LogP contribution < -0.4 is 10.1 Å². The largest absolute Gasteiger partial charge is 0.497 e. The van der Waals surface area contributed by atoms with Gasteiger partial charge in [-0.25, -0.2) is 0 Å². The maximum atomic E-state index is 11.7. The first-order chi connectivity index (χ1) is 13.5. The number of nitrogens with one attached hydrogen (secondary N) is 1. The molecule has 2 amide bonds. The monoisotopic (exact) mass is 390 g/mol. The highest BCUT2D eigenvalue weighted by molar-refractivity contribution is 8.18. The molecule has 3 heterocycles. The second kappa shape index (κ2) is 7.25. The highest BCUT2D eigenvalue weighted by Crippen LogP contribution is 2.29. The van der Waals surface area contributed by atoms with Gasteiger partial charge in [-0.05, 0) is 48.5 Å². The van der Waals surface area contributed by atoms with E-state index in [-0.39, 0.29) is 0 Å². The maximum absolute atomic E-state index is 11.7. The zero-order valence-corrected chi connectivity index (χ0v) is 15.8. The number of hydrogen-bond acceptors (Lipinski definition) is 6. The number of fused-ring (bicyclic) bond motifs is 1. The second-order valence-corrected chi connectivity index (χ2v) is 7.05. The summed E-state index contributed by atoms with van der Waals surface area (Å²) < 4.78 is 11.1. The van der Waals surface area contributed by atoms with Crippen LogP contribution in [0.15, 0.2) is 46.0 Å². The highest BCUT2D eigenvalue weighted by Gasteiger charge is 2.25. The van der Waals surface area contributed by atoms with Crippen LogP contribution in [-0.4, -0.2) is 23.2 Å². The molecule has 0 radical (unpaired) electrons. The minimum atomic E-state index is -0.427. The Bertz CT molecular complexity index is 1210. The van der Waals surface area contributed by atoms with Crippen molar-refractivity contribution in [3.8, 4) is 17.6 Å². The molecule has 1 N–H and O–H groups in total.